The number of fused-ring (bicyclic) bond motifs is 1. The Hall–Kier alpha value is -5.32. The van der Waals surface area contributed by atoms with Crippen molar-refractivity contribution >= 4 is 23.0 Å². The fourth-order valence-corrected chi connectivity index (χ4v) is 6.45. The van der Waals surface area contributed by atoms with Crippen LogP contribution in [-0.4, -0.2) is 140 Å². The highest BCUT2D eigenvalue weighted by atomic mass is 16.7. The lowest BCUT2D eigenvalue weighted by molar-refractivity contribution is -0.277. The van der Waals surface area contributed by atoms with Crippen LogP contribution in [0.15, 0.2) is 63.8 Å². The summed E-state index contributed by atoms with van der Waals surface area (Å²) in [6, 6.07) is 10.6. The number of methoxy groups -OCH3 is 2. The van der Waals surface area contributed by atoms with E-state index in [0.717, 1.165) is 18.2 Å². The van der Waals surface area contributed by atoms with Crippen LogP contribution < -0.4 is 24.4 Å². The Bertz CT molecular complexity index is 2140. The number of aliphatic hydroxyl groups is 8. The molecular weight excluding hydrogens is 760 g/mol. The average molecular weight is 801 g/mol. The molecule has 10 unspecified atom stereocenters. The smallest absolute Gasteiger partial charge is 0.336 e. The molecule has 3 aromatic carbocycles. The van der Waals surface area contributed by atoms with Crippen LogP contribution in [0.2, 0.25) is 0 Å². The maximum Gasteiger partial charge on any atom is 0.336 e. The van der Waals surface area contributed by atoms with E-state index in [1.165, 1.54) is 56.7 Å². The summed E-state index contributed by atoms with van der Waals surface area (Å²) >= 11 is 0. The number of phenols is 2. The third kappa shape index (κ3) is 8.11. The van der Waals surface area contributed by atoms with E-state index in [-0.39, 0.29) is 39.9 Å². The lowest BCUT2D eigenvalue weighted by Crippen LogP contribution is -2.60. The lowest BCUT2D eigenvalue weighted by atomic mass is 9.89. The first-order chi connectivity index (χ1) is 27.2. The topological polar surface area (TPSA) is 305 Å². The summed E-state index contributed by atoms with van der Waals surface area (Å²) < 4.78 is 38.5. The van der Waals surface area contributed by atoms with Gasteiger partial charge in [0.05, 0.1) is 33.0 Å². The molecular formula is C38H40O19. The third-order valence-corrected chi connectivity index (χ3v) is 9.54. The molecule has 0 saturated carbocycles. The maximum absolute atomic E-state index is 13.6. The molecule has 3 heterocycles. The zero-order valence-electron chi connectivity index (χ0n) is 30.1. The first-order valence-electron chi connectivity index (χ1n) is 17.3. The fraction of sp³-hybridized carbons (Fsp3) is 0.368. The molecule has 2 fully saturated rings. The molecule has 1 aromatic heterocycles. The van der Waals surface area contributed by atoms with E-state index in [9.17, 15) is 60.7 Å². The molecule has 19 heteroatoms. The van der Waals surface area contributed by atoms with Crippen LogP contribution >= 0.6 is 0 Å². The normalized spacial score (nSPS) is 27.7. The summed E-state index contributed by atoms with van der Waals surface area (Å²) in [5.41, 5.74) is -1.01. The molecule has 0 radical (unpaired) electrons. The van der Waals surface area contributed by atoms with Gasteiger partial charge >= 0.3 is 5.97 Å². The van der Waals surface area contributed by atoms with Gasteiger partial charge in [-0.05, 0) is 48.0 Å². The third-order valence-electron chi connectivity index (χ3n) is 9.54. The zero-order chi connectivity index (χ0) is 41.3. The van der Waals surface area contributed by atoms with Crippen LogP contribution in [0.1, 0.15) is 17.2 Å². The van der Waals surface area contributed by atoms with Crippen molar-refractivity contribution in [2.24, 2.45) is 0 Å². The predicted octanol–water partition coefficient (Wildman–Crippen LogP) is -0.799. The molecule has 2 saturated heterocycles. The monoisotopic (exact) mass is 800 g/mol. The molecule has 6 rings (SSSR count). The van der Waals surface area contributed by atoms with Crippen LogP contribution in [0.5, 0.6) is 34.5 Å². The van der Waals surface area contributed by atoms with Gasteiger partial charge in [0.25, 0.3) is 0 Å². The summed E-state index contributed by atoms with van der Waals surface area (Å²) in [6.45, 7) is -1.49. The van der Waals surface area contributed by atoms with Gasteiger partial charge in [-0.2, -0.15) is 0 Å². The van der Waals surface area contributed by atoms with Gasteiger partial charge in [0.15, 0.2) is 16.9 Å². The second-order valence-electron chi connectivity index (χ2n) is 13.1. The Labute approximate surface area is 321 Å². The molecule has 0 bridgehead atoms. The van der Waals surface area contributed by atoms with Gasteiger partial charge in [-0.15, -0.1) is 0 Å². The van der Waals surface area contributed by atoms with E-state index in [0.29, 0.717) is 5.56 Å². The van der Waals surface area contributed by atoms with Crippen molar-refractivity contribution in [1.82, 2.24) is 0 Å². The van der Waals surface area contributed by atoms with Gasteiger partial charge in [-0.1, -0.05) is 0 Å². The lowest BCUT2D eigenvalue weighted by Gasteiger charge is -2.40. The fourth-order valence-electron chi connectivity index (χ4n) is 6.45. The first-order valence-corrected chi connectivity index (χ1v) is 17.3. The summed E-state index contributed by atoms with van der Waals surface area (Å²) in [5.74, 6) is -2.61. The van der Waals surface area contributed by atoms with Crippen LogP contribution in [0, 0.1) is 0 Å². The number of carbonyl (C=O) groups is 1. The second kappa shape index (κ2) is 17.0. The number of phenolic OH excluding ortho intramolecular Hbond substituents is 2. The quantitative estimate of drug-likeness (QED) is 0.0504. The minimum absolute atomic E-state index is 0.0357. The Morgan fingerprint density at radius 1 is 0.737 bits per heavy atom. The number of esters is 1. The molecule has 10 N–H and O–H groups in total. The van der Waals surface area contributed by atoms with Crippen molar-refractivity contribution in [1.29, 1.82) is 0 Å². The molecule has 4 aromatic rings. The number of ether oxygens (including phenoxy) is 6. The van der Waals surface area contributed by atoms with E-state index in [2.05, 4.69) is 0 Å². The highest BCUT2D eigenvalue weighted by Gasteiger charge is 2.47. The highest BCUT2D eigenvalue weighted by molar-refractivity contribution is 5.92. The SMILES string of the molecule is COc1cc(C=CC(=O)Oc2cc3oc(-c4ccc(OC5OC(CO)C(O)C(O)C5O)cc4)cc(=O)c3c(O)c2C2OC(CO)C(O)C(O)C2O)cc(OC)c1O. The van der Waals surface area contributed by atoms with E-state index < -0.39 is 108 Å². The van der Waals surface area contributed by atoms with Crippen molar-refractivity contribution in [3.63, 3.8) is 0 Å². The van der Waals surface area contributed by atoms with E-state index in [1.807, 2.05) is 0 Å². The standard InChI is InChI=1S/C38H40O19/c1-51-22-9-15(10-23(52-2)29(22)43)3-8-26(42)55-21-12-20-27(32(46)28(21)37-35(49)33(47)30(44)24(13-39)56-37)18(41)11-19(54-20)16-4-6-17(7-5-16)53-38-36(50)34(48)31(45)25(14-40)57-38/h3-12,24-25,30-31,33-40,43-50H,13-14H2,1-2H3. The van der Waals surface area contributed by atoms with Crippen LogP contribution in [0.3, 0.4) is 0 Å². The summed E-state index contributed by atoms with van der Waals surface area (Å²) in [4.78, 5) is 26.9. The maximum atomic E-state index is 13.6. The van der Waals surface area contributed by atoms with E-state index in [1.54, 1.807) is 0 Å². The van der Waals surface area contributed by atoms with Gasteiger partial charge in [-0.25, -0.2) is 4.79 Å². The summed E-state index contributed by atoms with van der Waals surface area (Å²) in [7, 11) is 2.62. The molecule has 2 aliphatic heterocycles. The Morgan fingerprint density at radius 2 is 1.33 bits per heavy atom. The van der Waals surface area contributed by atoms with Gasteiger partial charge in [0.2, 0.25) is 12.0 Å². The summed E-state index contributed by atoms with van der Waals surface area (Å²) in [6.07, 6.45) is -14.2. The average Bonchev–Trinajstić information content (AvgIpc) is 3.20. The van der Waals surface area contributed by atoms with E-state index in [4.69, 9.17) is 32.8 Å². The Morgan fingerprint density at radius 3 is 1.93 bits per heavy atom. The highest BCUT2D eigenvalue weighted by Crippen LogP contribution is 2.45. The van der Waals surface area contributed by atoms with E-state index >= 15 is 0 Å². The van der Waals surface area contributed by atoms with Crippen LogP contribution in [0.4, 0.5) is 0 Å². The van der Waals surface area contributed by atoms with Crippen molar-refractivity contribution in [3.05, 3.63) is 76.0 Å². The largest absolute Gasteiger partial charge is 0.506 e. The molecule has 10 atom stereocenters. The molecule has 0 spiro atoms. The molecule has 57 heavy (non-hydrogen) atoms. The van der Waals surface area contributed by atoms with Crippen LogP contribution in [0.25, 0.3) is 28.4 Å². The molecule has 306 valence electrons. The van der Waals surface area contributed by atoms with Gasteiger partial charge in [0, 0.05) is 23.8 Å². The minimum atomic E-state index is -1.97. The number of aliphatic hydroxyl groups excluding tert-OH is 8. The first kappa shape index (κ1) is 41.3. The molecule has 19 nitrogen and oxygen atoms in total. The van der Waals surface area contributed by atoms with Gasteiger partial charge in [-0.3, -0.25) is 4.79 Å². The predicted molar refractivity (Wildman–Crippen MR) is 193 cm³/mol. The number of aromatic hydroxyl groups is 2. The van der Waals surface area contributed by atoms with Crippen molar-refractivity contribution < 1.29 is 88.7 Å². The second-order valence-corrected chi connectivity index (χ2v) is 13.1. The number of carbonyl (C=O) groups excluding carboxylic acids is 1. The summed E-state index contributed by atoms with van der Waals surface area (Å²) in [5, 5.41) is 103. The Balaban J connectivity index is 1.37. The number of rotatable bonds is 11. The number of benzene rings is 3. The number of hydrogen-bond acceptors (Lipinski definition) is 19. The number of hydrogen-bond donors (Lipinski definition) is 10. The van der Waals surface area contributed by atoms with Gasteiger partial charge in [0.1, 0.15) is 88.9 Å². The van der Waals surface area contributed by atoms with Gasteiger partial charge < -0.3 is 83.9 Å². The van der Waals surface area contributed by atoms with Crippen LogP contribution in [-0.2, 0) is 14.3 Å². The molecule has 2 aliphatic rings. The van der Waals surface area contributed by atoms with Crippen molar-refractivity contribution in [3.8, 4) is 45.8 Å². The Kier molecular flexibility index (Phi) is 12.4. The van der Waals surface area contributed by atoms with Crippen molar-refractivity contribution in [2.75, 3.05) is 27.4 Å². The van der Waals surface area contributed by atoms with Crippen molar-refractivity contribution in [2.45, 2.75) is 61.2 Å². The molecule has 0 amide bonds. The zero-order valence-corrected chi connectivity index (χ0v) is 30.1. The minimum Gasteiger partial charge on any atom is -0.506 e. The molecule has 0 aliphatic carbocycles.